The van der Waals surface area contributed by atoms with Crippen molar-refractivity contribution in [3.05, 3.63) is 53.1 Å². The molecule has 2 rings (SSSR count). The molecular weight excluding hydrogens is 248 g/mol. The molecule has 92 valence electrons. The average molecular weight is 261 g/mol. The van der Waals surface area contributed by atoms with E-state index in [0.717, 1.165) is 16.9 Å². The number of hydrogen-bond acceptors (Lipinski definition) is 2. The standard InChI is InChI=1S/C15H13ClO2/c1-10(17)11-3-5-12(6-4-11)14-8-7-13(16)9-15(14)18-2/h3-9H,1-2H3. The number of ketones is 1. The number of Topliss-reactive ketones (excluding diaryl/α,β-unsaturated/α-hetero) is 1. The molecule has 0 N–H and O–H groups in total. The Labute approximate surface area is 111 Å². The summed E-state index contributed by atoms with van der Waals surface area (Å²) in [7, 11) is 1.61. The molecular formula is C15H13ClO2. The van der Waals surface area contributed by atoms with Crippen molar-refractivity contribution in [3.8, 4) is 16.9 Å². The number of methoxy groups -OCH3 is 1. The zero-order valence-corrected chi connectivity index (χ0v) is 11.0. The van der Waals surface area contributed by atoms with E-state index in [1.165, 1.54) is 0 Å². The molecule has 0 aliphatic heterocycles. The molecule has 0 aliphatic rings. The summed E-state index contributed by atoms with van der Waals surface area (Å²) in [5, 5.41) is 0.635. The largest absolute Gasteiger partial charge is 0.496 e. The van der Waals surface area contributed by atoms with Crippen LogP contribution in [0.2, 0.25) is 5.02 Å². The molecule has 0 saturated heterocycles. The smallest absolute Gasteiger partial charge is 0.159 e. The van der Waals surface area contributed by atoms with E-state index in [1.54, 1.807) is 20.1 Å². The highest BCUT2D eigenvalue weighted by molar-refractivity contribution is 6.30. The van der Waals surface area contributed by atoms with Gasteiger partial charge in [-0.15, -0.1) is 0 Å². The Morgan fingerprint density at radius 3 is 2.33 bits per heavy atom. The van der Waals surface area contributed by atoms with Gasteiger partial charge in [0.15, 0.2) is 5.78 Å². The maximum Gasteiger partial charge on any atom is 0.159 e. The topological polar surface area (TPSA) is 26.3 Å². The van der Waals surface area contributed by atoms with E-state index in [9.17, 15) is 4.79 Å². The Bertz CT molecular complexity index is 574. The number of carbonyl (C=O) groups is 1. The van der Waals surface area contributed by atoms with Gasteiger partial charge in [-0.1, -0.05) is 35.9 Å². The van der Waals surface area contributed by atoms with Crippen LogP contribution in [-0.4, -0.2) is 12.9 Å². The van der Waals surface area contributed by atoms with Crippen LogP contribution in [0.5, 0.6) is 5.75 Å². The molecule has 2 aromatic carbocycles. The summed E-state index contributed by atoms with van der Waals surface area (Å²) >= 11 is 5.93. The maximum absolute atomic E-state index is 11.2. The fraction of sp³-hybridized carbons (Fsp3) is 0.133. The van der Waals surface area contributed by atoms with Crippen LogP contribution < -0.4 is 4.74 Å². The van der Waals surface area contributed by atoms with Gasteiger partial charge >= 0.3 is 0 Å². The van der Waals surface area contributed by atoms with E-state index >= 15 is 0 Å². The Hall–Kier alpha value is -1.80. The highest BCUT2D eigenvalue weighted by Gasteiger charge is 2.07. The molecule has 18 heavy (non-hydrogen) atoms. The predicted molar refractivity (Wildman–Crippen MR) is 73.4 cm³/mol. The third-order valence-corrected chi connectivity index (χ3v) is 3.00. The second-order valence-corrected chi connectivity index (χ2v) is 4.41. The van der Waals surface area contributed by atoms with Crippen LogP contribution in [0.1, 0.15) is 17.3 Å². The van der Waals surface area contributed by atoms with Crippen molar-refractivity contribution in [2.45, 2.75) is 6.92 Å². The van der Waals surface area contributed by atoms with Crippen LogP contribution in [-0.2, 0) is 0 Å². The molecule has 0 heterocycles. The van der Waals surface area contributed by atoms with Crippen LogP contribution in [0.3, 0.4) is 0 Å². The van der Waals surface area contributed by atoms with Gasteiger partial charge in [0.1, 0.15) is 5.75 Å². The second-order valence-electron chi connectivity index (χ2n) is 3.98. The van der Waals surface area contributed by atoms with Gasteiger partial charge in [-0.2, -0.15) is 0 Å². The first-order valence-electron chi connectivity index (χ1n) is 5.56. The van der Waals surface area contributed by atoms with Gasteiger partial charge in [0.25, 0.3) is 0 Å². The van der Waals surface area contributed by atoms with Crippen LogP contribution in [0.15, 0.2) is 42.5 Å². The molecule has 0 atom stereocenters. The lowest BCUT2D eigenvalue weighted by Gasteiger charge is -2.09. The molecule has 3 heteroatoms. The highest BCUT2D eigenvalue weighted by Crippen LogP contribution is 2.32. The van der Waals surface area contributed by atoms with Gasteiger partial charge in [-0.05, 0) is 30.7 Å². The Balaban J connectivity index is 2.45. The summed E-state index contributed by atoms with van der Waals surface area (Å²) in [5.41, 5.74) is 2.65. The molecule has 0 amide bonds. The quantitative estimate of drug-likeness (QED) is 0.773. The number of hydrogen-bond donors (Lipinski definition) is 0. The number of ether oxygens (including phenoxy) is 1. The summed E-state index contributed by atoms with van der Waals surface area (Å²) in [6.07, 6.45) is 0. The van der Waals surface area contributed by atoms with Crippen molar-refractivity contribution in [3.63, 3.8) is 0 Å². The molecule has 0 bridgehead atoms. The van der Waals surface area contributed by atoms with E-state index in [4.69, 9.17) is 16.3 Å². The summed E-state index contributed by atoms with van der Waals surface area (Å²) in [5.74, 6) is 0.780. The minimum absolute atomic E-state index is 0.0598. The van der Waals surface area contributed by atoms with Crippen molar-refractivity contribution >= 4 is 17.4 Å². The van der Waals surface area contributed by atoms with Crippen molar-refractivity contribution in [2.75, 3.05) is 7.11 Å². The molecule has 0 fully saturated rings. The van der Waals surface area contributed by atoms with Crippen LogP contribution in [0.25, 0.3) is 11.1 Å². The van der Waals surface area contributed by atoms with E-state index in [2.05, 4.69) is 0 Å². The number of benzene rings is 2. The maximum atomic E-state index is 11.2. The molecule has 0 radical (unpaired) electrons. The average Bonchev–Trinajstić information content (AvgIpc) is 2.38. The first kappa shape index (κ1) is 12.7. The summed E-state index contributed by atoms with van der Waals surface area (Å²) in [6, 6.07) is 12.9. The number of carbonyl (C=O) groups excluding carboxylic acids is 1. The Morgan fingerprint density at radius 2 is 1.78 bits per heavy atom. The first-order valence-corrected chi connectivity index (χ1v) is 5.94. The van der Waals surface area contributed by atoms with Crippen LogP contribution in [0, 0.1) is 0 Å². The SMILES string of the molecule is COc1cc(Cl)ccc1-c1ccc(C(C)=O)cc1. The van der Waals surface area contributed by atoms with E-state index in [1.807, 2.05) is 36.4 Å². The third kappa shape index (κ3) is 2.54. The lowest BCUT2D eigenvalue weighted by atomic mass is 10.0. The van der Waals surface area contributed by atoms with Crippen molar-refractivity contribution < 1.29 is 9.53 Å². The first-order chi connectivity index (χ1) is 8.61. The minimum Gasteiger partial charge on any atom is -0.496 e. The number of halogens is 1. The van der Waals surface area contributed by atoms with Crippen molar-refractivity contribution in [1.29, 1.82) is 0 Å². The molecule has 2 nitrogen and oxygen atoms in total. The Morgan fingerprint density at radius 1 is 1.11 bits per heavy atom. The summed E-state index contributed by atoms with van der Waals surface area (Å²) < 4.78 is 5.31. The molecule has 0 aromatic heterocycles. The van der Waals surface area contributed by atoms with Gasteiger partial charge in [-0.25, -0.2) is 0 Å². The van der Waals surface area contributed by atoms with E-state index in [0.29, 0.717) is 10.6 Å². The number of rotatable bonds is 3. The van der Waals surface area contributed by atoms with Gasteiger partial charge in [-0.3, -0.25) is 4.79 Å². The van der Waals surface area contributed by atoms with Crippen molar-refractivity contribution in [1.82, 2.24) is 0 Å². The van der Waals surface area contributed by atoms with E-state index < -0.39 is 0 Å². The summed E-state index contributed by atoms with van der Waals surface area (Å²) in [6.45, 7) is 1.55. The third-order valence-electron chi connectivity index (χ3n) is 2.77. The van der Waals surface area contributed by atoms with E-state index in [-0.39, 0.29) is 5.78 Å². The van der Waals surface area contributed by atoms with Crippen molar-refractivity contribution in [2.24, 2.45) is 0 Å². The fourth-order valence-electron chi connectivity index (χ4n) is 1.79. The van der Waals surface area contributed by atoms with Crippen LogP contribution in [0.4, 0.5) is 0 Å². The summed E-state index contributed by atoms with van der Waals surface area (Å²) in [4.78, 5) is 11.2. The zero-order chi connectivity index (χ0) is 13.1. The monoisotopic (exact) mass is 260 g/mol. The predicted octanol–water partition coefficient (Wildman–Crippen LogP) is 4.22. The minimum atomic E-state index is 0.0598. The highest BCUT2D eigenvalue weighted by atomic mass is 35.5. The van der Waals surface area contributed by atoms with Gasteiger partial charge in [0, 0.05) is 16.1 Å². The Kier molecular flexibility index (Phi) is 3.68. The molecule has 0 spiro atoms. The normalized spacial score (nSPS) is 10.2. The van der Waals surface area contributed by atoms with Gasteiger partial charge in [0.05, 0.1) is 7.11 Å². The van der Waals surface area contributed by atoms with Gasteiger partial charge < -0.3 is 4.74 Å². The molecule has 0 aliphatic carbocycles. The second kappa shape index (κ2) is 5.23. The zero-order valence-electron chi connectivity index (χ0n) is 10.2. The lowest BCUT2D eigenvalue weighted by molar-refractivity contribution is 0.101. The molecule has 2 aromatic rings. The molecule has 0 saturated carbocycles. The van der Waals surface area contributed by atoms with Gasteiger partial charge in [0.2, 0.25) is 0 Å². The van der Waals surface area contributed by atoms with Crippen LogP contribution >= 0.6 is 11.6 Å². The fourth-order valence-corrected chi connectivity index (χ4v) is 1.95. The molecule has 0 unspecified atom stereocenters. The lowest BCUT2D eigenvalue weighted by Crippen LogP contribution is -1.92.